The van der Waals surface area contributed by atoms with Crippen LogP contribution >= 0.6 is 11.3 Å². The molecule has 0 spiro atoms. The van der Waals surface area contributed by atoms with E-state index in [2.05, 4.69) is 40.0 Å². The van der Waals surface area contributed by atoms with E-state index in [9.17, 15) is 5.11 Å². The normalized spacial score (nSPS) is 29.6. The summed E-state index contributed by atoms with van der Waals surface area (Å²) in [6, 6.07) is 0. The summed E-state index contributed by atoms with van der Waals surface area (Å²) in [6.07, 6.45) is 3.65. The fourth-order valence-electron chi connectivity index (χ4n) is 3.51. The van der Waals surface area contributed by atoms with Crippen LogP contribution in [0.25, 0.3) is 0 Å². The van der Waals surface area contributed by atoms with E-state index in [1.807, 2.05) is 0 Å². The molecule has 3 N–H and O–H groups in total. The lowest BCUT2D eigenvalue weighted by Crippen LogP contribution is -2.53. The van der Waals surface area contributed by atoms with Crippen LogP contribution < -0.4 is 5.73 Å². The van der Waals surface area contributed by atoms with Crippen molar-refractivity contribution in [2.45, 2.75) is 71.8 Å². The second-order valence-electron chi connectivity index (χ2n) is 8.36. The van der Waals surface area contributed by atoms with Crippen LogP contribution in [-0.2, 0) is 11.8 Å². The standard InChI is InChI=1S/C17H30N2OS/c1-15(2,3)12-10-21-13(19-12)9-17(11-18)8-6-7-16(4,5)14(17)20/h10,14,20H,6-9,11,18H2,1-5H3. The molecular weight excluding hydrogens is 280 g/mol. The van der Waals surface area contributed by atoms with Gasteiger partial charge in [0.05, 0.1) is 16.8 Å². The van der Waals surface area contributed by atoms with E-state index in [-0.39, 0.29) is 22.3 Å². The highest BCUT2D eigenvalue weighted by molar-refractivity contribution is 7.09. The summed E-state index contributed by atoms with van der Waals surface area (Å²) in [5, 5.41) is 14.1. The molecule has 1 aliphatic rings. The maximum absolute atomic E-state index is 10.9. The van der Waals surface area contributed by atoms with Gasteiger partial charge < -0.3 is 10.8 Å². The minimum Gasteiger partial charge on any atom is -0.392 e. The minimum absolute atomic E-state index is 0.0538. The Morgan fingerprint density at radius 2 is 2.05 bits per heavy atom. The first-order valence-electron chi connectivity index (χ1n) is 7.94. The van der Waals surface area contributed by atoms with Gasteiger partial charge in [-0.1, -0.05) is 41.0 Å². The van der Waals surface area contributed by atoms with Crippen LogP contribution in [-0.4, -0.2) is 22.7 Å². The number of hydrogen-bond donors (Lipinski definition) is 2. The molecule has 0 saturated heterocycles. The van der Waals surface area contributed by atoms with Gasteiger partial charge in [0.15, 0.2) is 0 Å². The van der Waals surface area contributed by atoms with Crippen molar-refractivity contribution in [3.8, 4) is 0 Å². The molecule has 1 aromatic rings. The predicted octanol–water partition coefficient (Wildman–Crippen LogP) is 3.50. The molecule has 1 heterocycles. The van der Waals surface area contributed by atoms with Gasteiger partial charge in [-0.25, -0.2) is 4.98 Å². The topological polar surface area (TPSA) is 59.1 Å². The van der Waals surface area contributed by atoms with Gasteiger partial charge in [-0.05, 0) is 18.3 Å². The molecular formula is C17H30N2OS. The molecule has 0 aromatic carbocycles. The molecule has 2 atom stereocenters. The van der Waals surface area contributed by atoms with Gasteiger partial charge in [0.2, 0.25) is 0 Å². The van der Waals surface area contributed by atoms with E-state index in [4.69, 9.17) is 10.7 Å². The number of aliphatic hydroxyl groups excluding tert-OH is 1. The summed E-state index contributed by atoms with van der Waals surface area (Å²) in [5.74, 6) is 0. The van der Waals surface area contributed by atoms with Gasteiger partial charge in [-0.3, -0.25) is 0 Å². The third kappa shape index (κ3) is 3.33. The Morgan fingerprint density at radius 3 is 2.57 bits per heavy atom. The monoisotopic (exact) mass is 310 g/mol. The number of thiazole rings is 1. The minimum atomic E-state index is -0.356. The zero-order chi connectivity index (χ0) is 15.9. The van der Waals surface area contributed by atoms with Crippen LogP contribution in [0.4, 0.5) is 0 Å². The molecule has 4 heteroatoms. The first-order valence-corrected chi connectivity index (χ1v) is 8.82. The smallest absolute Gasteiger partial charge is 0.0935 e. The Labute approximate surface area is 133 Å². The van der Waals surface area contributed by atoms with Gasteiger partial charge in [0.1, 0.15) is 0 Å². The van der Waals surface area contributed by atoms with Crippen molar-refractivity contribution >= 4 is 11.3 Å². The highest BCUT2D eigenvalue weighted by atomic mass is 32.1. The molecule has 0 aliphatic heterocycles. The lowest BCUT2D eigenvalue weighted by molar-refractivity contribution is -0.0885. The fourth-order valence-corrected chi connectivity index (χ4v) is 4.68. The van der Waals surface area contributed by atoms with E-state index < -0.39 is 0 Å². The molecule has 0 radical (unpaired) electrons. The number of rotatable bonds is 3. The molecule has 1 aliphatic carbocycles. The van der Waals surface area contributed by atoms with E-state index in [0.717, 1.165) is 36.4 Å². The van der Waals surface area contributed by atoms with Gasteiger partial charge >= 0.3 is 0 Å². The predicted molar refractivity (Wildman–Crippen MR) is 89.6 cm³/mol. The lowest BCUT2D eigenvalue weighted by atomic mass is 9.60. The highest BCUT2D eigenvalue weighted by Crippen LogP contribution is 2.48. The van der Waals surface area contributed by atoms with Gasteiger partial charge in [0, 0.05) is 29.2 Å². The van der Waals surface area contributed by atoms with Crippen molar-refractivity contribution in [3.63, 3.8) is 0 Å². The Bertz CT molecular complexity index is 489. The number of hydrogen-bond acceptors (Lipinski definition) is 4. The maximum atomic E-state index is 10.9. The second-order valence-corrected chi connectivity index (χ2v) is 9.31. The SMILES string of the molecule is CC(C)(C)c1csc(CC2(CN)CCCC(C)(C)C2O)n1. The summed E-state index contributed by atoms with van der Waals surface area (Å²) in [5.41, 5.74) is 7.06. The zero-order valence-corrected chi connectivity index (χ0v) is 14.9. The van der Waals surface area contributed by atoms with Crippen LogP contribution in [0.2, 0.25) is 0 Å². The van der Waals surface area contributed by atoms with Crippen LogP contribution in [0.3, 0.4) is 0 Å². The third-order valence-electron chi connectivity index (χ3n) is 5.05. The Balaban J connectivity index is 2.24. The molecule has 2 rings (SSSR count). The van der Waals surface area contributed by atoms with Crippen LogP contribution in [0.15, 0.2) is 5.38 Å². The molecule has 0 amide bonds. The summed E-state index contributed by atoms with van der Waals surface area (Å²) in [4.78, 5) is 4.80. The van der Waals surface area contributed by atoms with Crippen molar-refractivity contribution in [3.05, 3.63) is 16.1 Å². The molecule has 1 fully saturated rings. The number of aromatic nitrogens is 1. The average Bonchev–Trinajstić information content (AvgIpc) is 2.83. The van der Waals surface area contributed by atoms with Gasteiger partial charge in [0.25, 0.3) is 0 Å². The van der Waals surface area contributed by atoms with Crippen molar-refractivity contribution in [2.75, 3.05) is 6.54 Å². The Hall–Kier alpha value is -0.450. The van der Waals surface area contributed by atoms with Crippen LogP contribution in [0, 0.1) is 10.8 Å². The van der Waals surface area contributed by atoms with Gasteiger partial charge in [-0.2, -0.15) is 0 Å². The summed E-state index contributed by atoms with van der Waals surface area (Å²) < 4.78 is 0. The first-order chi connectivity index (χ1) is 9.61. The Kier molecular flexibility index (Phi) is 4.54. The molecule has 21 heavy (non-hydrogen) atoms. The molecule has 1 aromatic heterocycles. The summed E-state index contributed by atoms with van der Waals surface area (Å²) in [6.45, 7) is 11.4. The maximum Gasteiger partial charge on any atom is 0.0935 e. The molecule has 120 valence electrons. The average molecular weight is 311 g/mol. The quantitative estimate of drug-likeness (QED) is 0.898. The van der Waals surface area contributed by atoms with Crippen LogP contribution in [0.1, 0.15) is 64.6 Å². The lowest BCUT2D eigenvalue weighted by Gasteiger charge is -2.49. The van der Waals surface area contributed by atoms with E-state index >= 15 is 0 Å². The number of aliphatic hydroxyl groups is 1. The van der Waals surface area contributed by atoms with Crippen molar-refractivity contribution in [1.29, 1.82) is 0 Å². The van der Waals surface area contributed by atoms with Crippen molar-refractivity contribution < 1.29 is 5.11 Å². The number of nitrogens with zero attached hydrogens (tertiary/aromatic N) is 1. The van der Waals surface area contributed by atoms with E-state index in [0.29, 0.717) is 6.54 Å². The first kappa shape index (κ1) is 16.9. The zero-order valence-electron chi connectivity index (χ0n) is 14.1. The molecule has 0 bridgehead atoms. The summed E-state index contributed by atoms with van der Waals surface area (Å²) in [7, 11) is 0. The van der Waals surface area contributed by atoms with Gasteiger partial charge in [-0.15, -0.1) is 11.3 Å². The largest absolute Gasteiger partial charge is 0.392 e. The number of nitrogens with two attached hydrogens (primary N) is 1. The van der Waals surface area contributed by atoms with E-state index in [1.54, 1.807) is 11.3 Å². The van der Waals surface area contributed by atoms with E-state index in [1.165, 1.54) is 0 Å². The van der Waals surface area contributed by atoms with Crippen molar-refractivity contribution in [2.24, 2.45) is 16.6 Å². The van der Waals surface area contributed by atoms with Crippen molar-refractivity contribution in [1.82, 2.24) is 4.98 Å². The highest BCUT2D eigenvalue weighted by Gasteiger charge is 2.48. The Morgan fingerprint density at radius 1 is 1.38 bits per heavy atom. The summed E-state index contributed by atoms with van der Waals surface area (Å²) >= 11 is 1.71. The second kappa shape index (κ2) is 5.64. The fraction of sp³-hybridized carbons (Fsp3) is 0.824. The van der Waals surface area contributed by atoms with Crippen LogP contribution in [0.5, 0.6) is 0 Å². The third-order valence-corrected chi connectivity index (χ3v) is 5.89. The molecule has 1 saturated carbocycles. The molecule has 3 nitrogen and oxygen atoms in total. The molecule has 2 unspecified atom stereocenters.